The van der Waals surface area contributed by atoms with Crippen molar-refractivity contribution >= 4 is 11.8 Å². The molecule has 0 saturated heterocycles. The van der Waals surface area contributed by atoms with Crippen molar-refractivity contribution in [1.29, 1.82) is 0 Å². The number of rotatable bonds is 13. The molecule has 0 bridgehead atoms. The summed E-state index contributed by atoms with van der Waals surface area (Å²) >= 11 is 0. The number of ketones is 1. The van der Waals surface area contributed by atoms with Crippen molar-refractivity contribution in [2.45, 2.75) is 45.4 Å². The molecule has 0 aliphatic carbocycles. The highest BCUT2D eigenvalue weighted by Gasteiger charge is 2.24. The first kappa shape index (κ1) is 25.2. The van der Waals surface area contributed by atoms with Crippen LogP contribution in [0.1, 0.15) is 25.0 Å². The minimum Gasteiger partial charge on any atom is -0.457 e. The number of Topliss-reactive ketones (excluding diaryl/α,β-unsaturated/α-hetero) is 1. The molecule has 0 radical (unpaired) electrons. The van der Waals surface area contributed by atoms with Gasteiger partial charge in [-0.15, -0.1) is 0 Å². The Bertz CT molecular complexity index is 891. The number of hydrogen-bond donors (Lipinski definition) is 1. The molecule has 32 heavy (non-hydrogen) atoms. The van der Waals surface area contributed by atoms with Crippen LogP contribution < -0.4 is 0 Å². The SMILES string of the molecule is C=C(C(C)=O)C(O)/C=C/[C@H](OCc1ccccc1)[C@H](COCc1ccccc1)OC(C)=O. The zero-order valence-corrected chi connectivity index (χ0v) is 18.5. The molecular weight excluding hydrogens is 408 g/mol. The van der Waals surface area contributed by atoms with Crippen LogP contribution in [0.4, 0.5) is 0 Å². The summed E-state index contributed by atoms with van der Waals surface area (Å²) in [5.41, 5.74) is 1.98. The van der Waals surface area contributed by atoms with Gasteiger partial charge in [-0.1, -0.05) is 79.4 Å². The molecule has 2 rings (SSSR count). The van der Waals surface area contributed by atoms with Gasteiger partial charge in [-0.3, -0.25) is 9.59 Å². The highest BCUT2D eigenvalue weighted by molar-refractivity contribution is 5.93. The molecule has 0 aromatic heterocycles. The van der Waals surface area contributed by atoms with Crippen LogP contribution in [0, 0.1) is 0 Å². The lowest BCUT2D eigenvalue weighted by Gasteiger charge is -2.25. The molecule has 0 spiro atoms. The van der Waals surface area contributed by atoms with Gasteiger partial charge in [0.15, 0.2) is 11.9 Å². The second-order valence-corrected chi connectivity index (χ2v) is 7.32. The van der Waals surface area contributed by atoms with Gasteiger partial charge in [-0.2, -0.15) is 0 Å². The Morgan fingerprint density at radius 1 is 0.938 bits per heavy atom. The van der Waals surface area contributed by atoms with Gasteiger partial charge >= 0.3 is 5.97 Å². The summed E-state index contributed by atoms with van der Waals surface area (Å²) < 4.78 is 17.3. The quantitative estimate of drug-likeness (QED) is 0.291. The average Bonchev–Trinajstić information content (AvgIpc) is 2.79. The molecular formula is C26H30O6. The zero-order valence-electron chi connectivity index (χ0n) is 18.5. The summed E-state index contributed by atoms with van der Waals surface area (Å²) in [6, 6.07) is 19.2. The summed E-state index contributed by atoms with van der Waals surface area (Å²) in [4.78, 5) is 23.2. The standard InChI is InChI=1S/C26H30O6/c1-19(20(2)27)24(29)14-15-25(31-17-23-12-8-5-9-13-23)26(32-21(3)28)18-30-16-22-10-6-4-7-11-22/h4-15,24-26,29H,1,16-18H2,2-3H3/b15-14+/t24?,25-,26-/m0/s1. The lowest BCUT2D eigenvalue weighted by molar-refractivity contribution is -0.158. The van der Waals surface area contributed by atoms with Gasteiger partial charge in [0.1, 0.15) is 12.2 Å². The first-order valence-electron chi connectivity index (χ1n) is 10.4. The molecule has 0 heterocycles. The Kier molecular flexibility index (Phi) is 10.5. The number of carbonyl (C=O) groups is 2. The van der Waals surface area contributed by atoms with Crippen molar-refractivity contribution in [3.05, 3.63) is 96.1 Å². The van der Waals surface area contributed by atoms with Crippen molar-refractivity contribution in [3.8, 4) is 0 Å². The number of ether oxygens (including phenoxy) is 3. The van der Waals surface area contributed by atoms with Gasteiger partial charge in [0.25, 0.3) is 0 Å². The van der Waals surface area contributed by atoms with Crippen LogP contribution in [0.3, 0.4) is 0 Å². The largest absolute Gasteiger partial charge is 0.457 e. The Balaban J connectivity index is 2.14. The Labute approximate surface area is 189 Å². The van der Waals surface area contributed by atoms with E-state index >= 15 is 0 Å². The third-order valence-electron chi connectivity index (χ3n) is 4.66. The maximum atomic E-state index is 11.7. The van der Waals surface area contributed by atoms with E-state index in [4.69, 9.17) is 14.2 Å². The predicted molar refractivity (Wildman–Crippen MR) is 122 cm³/mol. The normalized spacial score (nSPS) is 14.0. The first-order chi connectivity index (χ1) is 15.4. The molecule has 0 amide bonds. The summed E-state index contributed by atoms with van der Waals surface area (Å²) in [5, 5.41) is 10.2. The summed E-state index contributed by atoms with van der Waals surface area (Å²) in [6.07, 6.45) is 0.339. The topological polar surface area (TPSA) is 82.1 Å². The molecule has 1 N–H and O–H groups in total. The average molecular weight is 439 g/mol. The fraction of sp³-hybridized carbons (Fsp3) is 0.308. The number of aliphatic hydroxyl groups excluding tert-OH is 1. The maximum Gasteiger partial charge on any atom is 0.303 e. The Morgan fingerprint density at radius 3 is 2.03 bits per heavy atom. The zero-order chi connectivity index (χ0) is 23.3. The van der Waals surface area contributed by atoms with E-state index in [2.05, 4.69) is 6.58 Å². The van der Waals surface area contributed by atoms with E-state index in [1.54, 1.807) is 6.08 Å². The van der Waals surface area contributed by atoms with Crippen LogP contribution in [0.2, 0.25) is 0 Å². The van der Waals surface area contributed by atoms with Gasteiger partial charge in [0.05, 0.1) is 19.8 Å². The highest BCUT2D eigenvalue weighted by atomic mass is 16.6. The summed E-state index contributed by atoms with van der Waals surface area (Å²) in [6.45, 7) is 6.94. The summed E-state index contributed by atoms with van der Waals surface area (Å²) in [7, 11) is 0. The number of esters is 1. The van der Waals surface area contributed by atoms with Gasteiger partial charge in [-0.05, 0) is 18.1 Å². The summed E-state index contributed by atoms with van der Waals surface area (Å²) in [5.74, 6) is -0.791. The van der Waals surface area contributed by atoms with Gasteiger partial charge < -0.3 is 19.3 Å². The van der Waals surface area contributed by atoms with E-state index in [0.29, 0.717) is 6.61 Å². The van der Waals surface area contributed by atoms with Crippen LogP contribution in [-0.2, 0) is 37.0 Å². The lowest BCUT2D eigenvalue weighted by atomic mass is 10.1. The second kappa shape index (κ2) is 13.4. The van der Waals surface area contributed by atoms with Gasteiger partial charge in [-0.25, -0.2) is 0 Å². The molecule has 0 fully saturated rings. The van der Waals surface area contributed by atoms with Crippen LogP contribution >= 0.6 is 0 Å². The Morgan fingerprint density at radius 2 is 1.50 bits per heavy atom. The maximum absolute atomic E-state index is 11.7. The monoisotopic (exact) mass is 438 g/mol. The molecule has 3 atom stereocenters. The first-order valence-corrected chi connectivity index (χ1v) is 10.4. The number of benzene rings is 2. The van der Waals surface area contributed by atoms with E-state index in [-0.39, 0.29) is 24.6 Å². The van der Waals surface area contributed by atoms with Crippen LogP contribution in [0.15, 0.2) is 85.0 Å². The lowest BCUT2D eigenvalue weighted by Crippen LogP contribution is -2.36. The smallest absolute Gasteiger partial charge is 0.303 e. The molecule has 2 aromatic carbocycles. The molecule has 0 aliphatic rings. The molecule has 6 nitrogen and oxygen atoms in total. The van der Waals surface area contributed by atoms with E-state index in [9.17, 15) is 14.7 Å². The molecule has 0 aliphatic heterocycles. The van der Waals surface area contributed by atoms with Gasteiger partial charge in [0.2, 0.25) is 0 Å². The highest BCUT2D eigenvalue weighted by Crippen LogP contribution is 2.14. The molecule has 6 heteroatoms. The molecule has 0 saturated carbocycles. The minimum absolute atomic E-state index is 0.0624. The Hall–Kier alpha value is -3.06. The van der Waals surface area contributed by atoms with E-state index in [0.717, 1.165) is 11.1 Å². The van der Waals surface area contributed by atoms with Crippen molar-refractivity contribution < 1.29 is 28.9 Å². The van der Waals surface area contributed by atoms with Crippen LogP contribution in [0.5, 0.6) is 0 Å². The molecule has 1 unspecified atom stereocenters. The van der Waals surface area contributed by atoms with E-state index in [1.807, 2.05) is 60.7 Å². The predicted octanol–water partition coefficient (Wildman–Crippen LogP) is 3.78. The number of hydrogen-bond acceptors (Lipinski definition) is 6. The fourth-order valence-corrected chi connectivity index (χ4v) is 2.87. The van der Waals surface area contributed by atoms with Crippen LogP contribution in [0.25, 0.3) is 0 Å². The van der Waals surface area contributed by atoms with Gasteiger partial charge in [0, 0.05) is 12.5 Å². The number of carbonyl (C=O) groups excluding carboxylic acids is 2. The fourth-order valence-electron chi connectivity index (χ4n) is 2.87. The van der Waals surface area contributed by atoms with Crippen molar-refractivity contribution in [2.75, 3.05) is 6.61 Å². The second-order valence-electron chi connectivity index (χ2n) is 7.32. The molecule has 170 valence electrons. The van der Waals surface area contributed by atoms with Crippen molar-refractivity contribution in [2.24, 2.45) is 0 Å². The van der Waals surface area contributed by atoms with Crippen molar-refractivity contribution in [3.63, 3.8) is 0 Å². The van der Waals surface area contributed by atoms with E-state index < -0.39 is 24.3 Å². The molecule has 2 aromatic rings. The number of aliphatic hydroxyl groups is 1. The van der Waals surface area contributed by atoms with E-state index in [1.165, 1.54) is 19.9 Å². The van der Waals surface area contributed by atoms with Crippen molar-refractivity contribution in [1.82, 2.24) is 0 Å². The minimum atomic E-state index is -1.17. The third-order valence-corrected chi connectivity index (χ3v) is 4.66. The third kappa shape index (κ3) is 8.98. The van der Waals surface area contributed by atoms with Crippen LogP contribution in [-0.4, -0.2) is 41.8 Å².